The number of carbonyl (C=O) groups is 2. The lowest BCUT2D eigenvalue weighted by Crippen LogP contribution is -2.73. The van der Waals surface area contributed by atoms with Crippen LogP contribution in [-0.2, 0) is 14.3 Å². The first-order chi connectivity index (χ1) is 10.5. The number of likely N-dealkylation sites (N-methyl/N-ethyl adjacent to an activating group) is 2. The minimum Gasteiger partial charge on any atom is -0.368 e. The van der Waals surface area contributed by atoms with Crippen molar-refractivity contribution in [3.8, 4) is 0 Å². The minimum absolute atomic E-state index is 0.00848. The Morgan fingerprint density at radius 2 is 1.91 bits per heavy atom. The van der Waals surface area contributed by atoms with Crippen molar-refractivity contribution in [1.82, 2.24) is 15.1 Å². The zero-order valence-electron chi connectivity index (χ0n) is 13.6. The lowest BCUT2D eigenvalue weighted by Gasteiger charge is -2.54. The predicted molar refractivity (Wildman–Crippen MR) is 82.3 cm³/mol. The molecule has 1 spiro atoms. The second-order valence-corrected chi connectivity index (χ2v) is 7.14. The van der Waals surface area contributed by atoms with Gasteiger partial charge in [0, 0.05) is 20.0 Å². The molecule has 124 valence electrons. The lowest BCUT2D eigenvalue weighted by atomic mass is 9.89. The first-order valence-corrected chi connectivity index (χ1v) is 8.36. The molecule has 0 bridgehead atoms. The summed E-state index contributed by atoms with van der Waals surface area (Å²) in [7, 11) is 3.60. The molecule has 0 aromatic heterocycles. The second-order valence-electron chi connectivity index (χ2n) is 7.14. The van der Waals surface area contributed by atoms with E-state index < -0.39 is 0 Å². The Labute approximate surface area is 132 Å². The monoisotopic (exact) mass is 309 g/mol. The zero-order chi connectivity index (χ0) is 15.7. The average Bonchev–Trinajstić information content (AvgIpc) is 2.96. The largest absolute Gasteiger partial charge is 0.368 e. The molecule has 0 aromatic rings. The molecule has 6 nitrogen and oxygen atoms in total. The van der Waals surface area contributed by atoms with Crippen molar-refractivity contribution in [3.05, 3.63) is 0 Å². The molecule has 1 saturated carbocycles. The highest BCUT2D eigenvalue weighted by Gasteiger charge is 2.51. The number of rotatable bonds is 3. The van der Waals surface area contributed by atoms with Crippen molar-refractivity contribution >= 4 is 11.8 Å². The number of nitrogens with one attached hydrogen (secondary N) is 1. The van der Waals surface area contributed by atoms with Crippen LogP contribution in [0.1, 0.15) is 32.1 Å². The van der Waals surface area contributed by atoms with Gasteiger partial charge in [-0.2, -0.15) is 0 Å². The van der Waals surface area contributed by atoms with Gasteiger partial charge in [-0.25, -0.2) is 0 Å². The summed E-state index contributed by atoms with van der Waals surface area (Å²) in [4.78, 5) is 28.0. The number of hydrogen-bond acceptors (Lipinski definition) is 4. The molecule has 2 aliphatic heterocycles. The van der Waals surface area contributed by atoms with Crippen LogP contribution in [0.5, 0.6) is 0 Å². The van der Waals surface area contributed by atoms with E-state index in [1.807, 2.05) is 16.8 Å². The van der Waals surface area contributed by atoms with Gasteiger partial charge >= 0.3 is 0 Å². The molecule has 2 heterocycles. The van der Waals surface area contributed by atoms with Crippen LogP contribution in [0.3, 0.4) is 0 Å². The maximum atomic E-state index is 12.3. The summed E-state index contributed by atoms with van der Waals surface area (Å²) in [5.41, 5.74) is -0.259. The van der Waals surface area contributed by atoms with Gasteiger partial charge < -0.3 is 15.0 Å². The van der Waals surface area contributed by atoms with Crippen LogP contribution < -0.4 is 5.32 Å². The molecule has 22 heavy (non-hydrogen) atoms. The highest BCUT2D eigenvalue weighted by atomic mass is 16.5. The number of likely N-dealkylation sites (tertiary alicyclic amines) is 1. The van der Waals surface area contributed by atoms with E-state index in [9.17, 15) is 9.59 Å². The van der Waals surface area contributed by atoms with Crippen LogP contribution in [0.2, 0.25) is 0 Å². The Bertz CT molecular complexity index is 442. The van der Waals surface area contributed by atoms with E-state index in [1.165, 1.54) is 25.7 Å². The van der Waals surface area contributed by atoms with Gasteiger partial charge in [0.05, 0.1) is 19.7 Å². The average molecular weight is 309 g/mol. The SMILES string of the molecule is CNC(=O)C1COC2(CN(C(=O)CC3CCCC3)C2)CN1C. The third kappa shape index (κ3) is 2.99. The van der Waals surface area contributed by atoms with E-state index in [2.05, 4.69) is 5.32 Å². The van der Waals surface area contributed by atoms with E-state index in [-0.39, 0.29) is 23.5 Å². The second kappa shape index (κ2) is 6.16. The zero-order valence-corrected chi connectivity index (χ0v) is 13.6. The molecule has 1 N–H and O–H groups in total. The third-order valence-electron chi connectivity index (χ3n) is 5.41. The van der Waals surface area contributed by atoms with Crippen LogP contribution >= 0.6 is 0 Å². The van der Waals surface area contributed by atoms with Gasteiger partial charge in [-0.1, -0.05) is 12.8 Å². The molecule has 3 fully saturated rings. The smallest absolute Gasteiger partial charge is 0.239 e. The van der Waals surface area contributed by atoms with E-state index in [1.54, 1.807) is 7.05 Å². The topological polar surface area (TPSA) is 61.9 Å². The Balaban J connectivity index is 1.48. The molecular weight excluding hydrogens is 282 g/mol. The maximum absolute atomic E-state index is 12.3. The van der Waals surface area contributed by atoms with Gasteiger partial charge in [0.1, 0.15) is 11.6 Å². The van der Waals surface area contributed by atoms with Gasteiger partial charge in [-0.15, -0.1) is 0 Å². The Hall–Kier alpha value is -1.14. The highest BCUT2D eigenvalue weighted by Crippen LogP contribution is 2.33. The fourth-order valence-electron chi connectivity index (χ4n) is 4.04. The minimum atomic E-state index is -0.259. The van der Waals surface area contributed by atoms with Gasteiger partial charge in [0.25, 0.3) is 0 Å². The number of amides is 2. The van der Waals surface area contributed by atoms with Crippen LogP contribution in [0.15, 0.2) is 0 Å². The summed E-state index contributed by atoms with van der Waals surface area (Å²) in [5.74, 6) is 0.861. The van der Waals surface area contributed by atoms with Crippen LogP contribution in [0, 0.1) is 5.92 Å². The summed E-state index contributed by atoms with van der Waals surface area (Å²) in [6.45, 7) is 2.45. The summed E-state index contributed by atoms with van der Waals surface area (Å²) in [6.07, 6.45) is 5.66. The molecule has 3 aliphatic rings. The molecule has 6 heteroatoms. The van der Waals surface area contributed by atoms with Crippen LogP contribution in [0.25, 0.3) is 0 Å². The molecule has 3 rings (SSSR count). The number of carbonyl (C=O) groups excluding carboxylic acids is 2. The van der Waals surface area contributed by atoms with Gasteiger partial charge in [-0.3, -0.25) is 14.5 Å². The van der Waals surface area contributed by atoms with Crippen molar-refractivity contribution in [2.24, 2.45) is 5.92 Å². The van der Waals surface area contributed by atoms with Crippen molar-refractivity contribution in [1.29, 1.82) is 0 Å². The number of ether oxygens (including phenoxy) is 1. The fourth-order valence-corrected chi connectivity index (χ4v) is 4.04. The third-order valence-corrected chi connectivity index (χ3v) is 5.41. The first-order valence-electron chi connectivity index (χ1n) is 8.36. The van der Waals surface area contributed by atoms with Crippen molar-refractivity contribution < 1.29 is 14.3 Å². The summed E-state index contributed by atoms with van der Waals surface area (Å²) >= 11 is 0. The normalized spacial score (nSPS) is 28.6. The van der Waals surface area contributed by atoms with Crippen molar-refractivity contribution in [3.63, 3.8) is 0 Å². The standard InChI is InChI=1S/C16H27N3O3/c1-17-15(21)13-8-22-16(9-18(13)2)10-19(11-16)14(20)7-12-5-3-4-6-12/h12-13H,3-11H2,1-2H3,(H,17,21). The Morgan fingerprint density at radius 1 is 1.23 bits per heavy atom. The van der Waals surface area contributed by atoms with Gasteiger partial charge in [0.15, 0.2) is 0 Å². The van der Waals surface area contributed by atoms with Crippen LogP contribution in [0.4, 0.5) is 0 Å². The molecule has 2 saturated heterocycles. The number of nitrogens with zero attached hydrogens (tertiary/aromatic N) is 2. The van der Waals surface area contributed by atoms with Gasteiger partial charge in [0.2, 0.25) is 11.8 Å². The highest BCUT2D eigenvalue weighted by molar-refractivity contribution is 5.82. The number of hydrogen-bond donors (Lipinski definition) is 1. The molecule has 1 atom stereocenters. The molecule has 0 aromatic carbocycles. The van der Waals surface area contributed by atoms with E-state index >= 15 is 0 Å². The van der Waals surface area contributed by atoms with Crippen molar-refractivity contribution in [2.75, 3.05) is 40.3 Å². The summed E-state index contributed by atoms with van der Waals surface area (Å²) in [6, 6.07) is -0.223. The van der Waals surface area contributed by atoms with Crippen LogP contribution in [-0.4, -0.2) is 73.6 Å². The van der Waals surface area contributed by atoms with E-state index in [0.29, 0.717) is 38.6 Å². The van der Waals surface area contributed by atoms with Crippen molar-refractivity contribution in [2.45, 2.75) is 43.7 Å². The fraction of sp³-hybridized carbons (Fsp3) is 0.875. The summed E-state index contributed by atoms with van der Waals surface area (Å²) < 4.78 is 5.96. The lowest BCUT2D eigenvalue weighted by molar-refractivity contribution is -0.201. The molecule has 0 radical (unpaired) electrons. The predicted octanol–water partition coefficient (Wildman–Crippen LogP) is 0.224. The van der Waals surface area contributed by atoms with Gasteiger partial charge in [-0.05, 0) is 25.8 Å². The first kappa shape index (κ1) is 15.7. The molecule has 2 amide bonds. The molecule has 1 unspecified atom stereocenters. The quantitative estimate of drug-likeness (QED) is 0.810. The van der Waals surface area contributed by atoms with E-state index in [0.717, 1.165) is 0 Å². The number of morpholine rings is 1. The molecule has 1 aliphatic carbocycles. The Kier molecular flexibility index (Phi) is 4.41. The Morgan fingerprint density at radius 3 is 2.50 bits per heavy atom. The maximum Gasteiger partial charge on any atom is 0.239 e. The summed E-state index contributed by atoms with van der Waals surface area (Å²) in [5, 5.41) is 2.67. The molecular formula is C16H27N3O3. The van der Waals surface area contributed by atoms with E-state index in [4.69, 9.17) is 4.74 Å².